The third-order valence-corrected chi connectivity index (χ3v) is 2.45. The van der Waals surface area contributed by atoms with Crippen LogP contribution in [0.5, 0.6) is 0 Å². The first-order chi connectivity index (χ1) is 7.54. The second kappa shape index (κ2) is 5.92. The molecule has 0 saturated heterocycles. The molecule has 0 aliphatic heterocycles. The van der Waals surface area contributed by atoms with Crippen molar-refractivity contribution in [1.82, 2.24) is 5.32 Å². The summed E-state index contributed by atoms with van der Waals surface area (Å²) in [6.45, 7) is 4.35. The predicted octanol–water partition coefficient (Wildman–Crippen LogP) is 2.22. The smallest absolute Gasteiger partial charge is 0.323 e. The standard InChI is InChI=1S/C11H16ClNO3/c1-7(2)10(11(14)15-3)13-6-8-4-5-9(12)16-8/h4-5,7,10,13H,6H2,1-3H3/t10-/m0/s1. The van der Waals surface area contributed by atoms with Gasteiger partial charge in [0.25, 0.3) is 0 Å². The number of carbonyl (C=O) groups excluding carboxylic acids is 1. The number of hydrogen-bond donors (Lipinski definition) is 1. The minimum Gasteiger partial charge on any atom is -0.468 e. The molecule has 90 valence electrons. The number of furan rings is 1. The third kappa shape index (κ3) is 3.54. The van der Waals surface area contributed by atoms with E-state index in [9.17, 15) is 4.79 Å². The summed E-state index contributed by atoms with van der Waals surface area (Å²) in [5.41, 5.74) is 0. The number of rotatable bonds is 5. The summed E-state index contributed by atoms with van der Waals surface area (Å²) in [6, 6.07) is 3.10. The highest BCUT2D eigenvalue weighted by molar-refractivity contribution is 6.28. The third-order valence-electron chi connectivity index (χ3n) is 2.25. The molecule has 0 radical (unpaired) electrons. The van der Waals surface area contributed by atoms with Crippen molar-refractivity contribution >= 4 is 17.6 Å². The maximum Gasteiger partial charge on any atom is 0.323 e. The second-order valence-corrected chi connectivity index (χ2v) is 4.20. The van der Waals surface area contributed by atoms with E-state index in [0.717, 1.165) is 0 Å². The Morgan fingerprint density at radius 3 is 2.69 bits per heavy atom. The van der Waals surface area contributed by atoms with Crippen molar-refractivity contribution in [2.24, 2.45) is 5.92 Å². The monoisotopic (exact) mass is 245 g/mol. The maximum absolute atomic E-state index is 11.4. The van der Waals surface area contributed by atoms with E-state index >= 15 is 0 Å². The quantitative estimate of drug-likeness (QED) is 0.809. The Morgan fingerprint density at radius 1 is 1.56 bits per heavy atom. The lowest BCUT2D eigenvalue weighted by atomic mass is 10.0. The molecule has 1 rings (SSSR count). The van der Waals surface area contributed by atoms with E-state index in [1.807, 2.05) is 13.8 Å². The zero-order chi connectivity index (χ0) is 12.1. The Balaban J connectivity index is 2.53. The second-order valence-electron chi connectivity index (χ2n) is 3.83. The minimum atomic E-state index is -0.339. The van der Waals surface area contributed by atoms with Crippen molar-refractivity contribution in [2.75, 3.05) is 7.11 Å². The van der Waals surface area contributed by atoms with Gasteiger partial charge in [0.15, 0.2) is 5.22 Å². The van der Waals surface area contributed by atoms with Crippen LogP contribution in [0.3, 0.4) is 0 Å². The van der Waals surface area contributed by atoms with Crippen molar-refractivity contribution < 1.29 is 13.9 Å². The Bertz CT molecular complexity index is 349. The minimum absolute atomic E-state index is 0.151. The maximum atomic E-state index is 11.4. The van der Waals surface area contributed by atoms with Gasteiger partial charge in [0.2, 0.25) is 0 Å². The summed E-state index contributed by atoms with van der Waals surface area (Å²) in [4.78, 5) is 11.4. The summed E-state index contributed by atoms with van der Waals surface area (Å²) < 4.78 is 9.89. The zero-order valence-corrected chi connectivity index (χ0v) is 10.4. The van der Waals surface area contributed by atoms with E-state index < -0.39 is 0 Å². The van der Waals surface area contributed by atoms with Crippen molar-refractivity contribution in [2.45, 2.75) is 26.4 Å². The van der Waals surface area contributed by atoms with Gasteiger partial charge in [-0.25, -0.2) is 0 Å². The Kier molecular flexibility index (Phi) is 4.83. The summed E-state index contributed by atoms with van der Waals surface area (Å²) in [6.07, 6.45) is 0. The molecule has 0 unspecified atom stereocenters. The van der Waals surface area contributed by atoms with Gasteiger partial charge in [-0.1, -0.05) is 13.8 Å². The van der Waals surface area contributed by atoms with E-state index in [4.69, 9.17) is 20.8 Å². The number of methoxy groups -OCH3 is 1. The van der Waals surface area contributed by atoms with Crippen LogP contribution in [0.4, 0.5) is 0 Å². The average Bonchev–Trinajstić information content (AvgIpc) is 2.63. The van der Waals surface area contributed by atoms with Gasteiger partial charge in [0, 0.05) is 0 Å². The molecule has 0 aromatic carbocycles. The summed E-state index contributed by atoms with van der Waals surface area (Å²) >= 11 is 5.64. The van der Waals surface area contributed by atoms with Crippen molar-refractivity contribution in [3.05, 3.63) is 23.1 Å². The molecule has 1 N–H and O–H groups in total. The average molecular weight is 246 g/mol. The molecular formula is C11H16ClNO3. The van der Waals surface area contributed by atoms with Gasteiger partial charge in [-0.2, -0.15) is 0 Å². The van der Waals surface area contributed by atoms with E-state index in [1.54, 1.807) is 12.1 Å². The summed E-state index contributed by atoms with van der Waals surface area (Å²) in [5, 5.41) is 3.42. The van der Waals surface area contributed by atoms with E-state index in [2.05, 4.69) is 5.32 Å². The van der Waals surface area contributed by atoms with Crippen molar-refractivity contribution in [3.8, 4) is 0 Å². The van der Waals surface area contributed by atoms with Crippen LogP contribution >= 0.6 is 11.6 Å². The number of nitrogens with one attached hydrogen (secondary N) is 1. The molecule has 16 heavy (non-hydrogen) atoms. The summed E-state index contributed by atoms with van der Waals surface area (Å²) in [7, 11) is 1.38. The number of carbonyl (C=O) groups is 1. The van der Waals surface area contributed by atoms with Crippen LogP contribution in [0, 0.1) is 5.92 Å². The molecule has 0 fully saturated rings. The lowest BCUT2D eigenvalue weighted by Gasteiger charge is -2.18. The fraction of sp³-hybridized carbons (Fsp3) is 0.545. The number of hydrogen-bond acceptors (Lipinski definition) is 4. The van der Waals surface area contributed by atoms with Crippen LogP contribution in [0.15, 0.2) is 16.5 Å². The van der Waals surface area contributed by atoms with Gasteiger partial charge in [0.1, 0.15) is 11.8 Å². The number of halogens is 1. The van der Waals surface area contributed by atoms with Gasteiger partial charge < -0.3 is 9.15 Å². The first kappa shape index (κ1) is 13.1. The van der Waals surface area contributed by atoms with Gasteiger partial charge in [-0.15, -0.1) is 0 Å². The Labute approximate surface area is 99.9 Å². The highest BCUT2D eigenvalue weighted by Crippen LogP contribution is 2.13. The lowest BCUT2D eigenvalue weighted by Crippen LogP contribution is -2.41. The molecular weight excluding hydrogens is 230 g/mol. The van der Waals surface area contributed by atoms with Gasteiger partial charge in [0.05, 0.1) is 13.7 Å². The topological polar surface area (TPSA) is 51.5 Å². The first-order valence-electron chi connectivity index (χ1n) is 5.10. The van der Waals surface area contributed by atoms with E-state index in [0.29, 0.717) is 17.5 Å². The van der Waals surface area contributed by atoms with Crippen LogP contribution in [0.25, 0.3) is 0 Å². The zero-order valence-electron chi connectivity index (χ0n) is 9.62. The summed E-state index contributed by atoms with van der Waals surface area (Å²) in [5.74, 6) is 0.574. The van der Waals surface area contributed by atoms with Crippen LogP contribution in [-0.4, -0.2) is 19.1 Å². The van der Waals surface area contributed by atoms with Gasteiger partial charge >= 0.3 is 5.97 Å². The molecule has 0 amide bonds. The molecule has 4 nitrogen and oxygen atoms in total. The van der Waals surface area contributed by atoms with Crippen LogP contribution < -0.4 is 5.32 Å². The molecule has 1 aromatic heterocycles. The molecule has 0 bridgehead atoms. The fourth-order valence-electron chi connectivity index (χ4n) is 1.38. The van der Waals surface area contributed by atoms with E-state index in [-0.39, 0.29) is 17.9 Å². The fourth-order valence-corrected chi connectivity index (χ4v) is 1.54. The van der Waals surface area contributed by atoms with Crippen molar-refractivity contribution in [1.29, 1.82) is 0 Å². The normalized spacial score (nSPS) is 12.8. The number of esters is 1. The van der Waals surface area contributed by atoms with Crippen LogP contribution in [0.2, 0.25) is 5.22 Å². The molecule has 0 aliphatic carbocycles. The lowest BCUT2D eigenvalue weighted by molar-refractivity contribution is -0.144. The van der Waals surface area contributed by atoms with E-state index in [1.165, 1.54) is 7.11 Å². The molecule has 1 aromatic rings. The molecule has 0 aliphatic rings. The Morgan fingerprint density at radius 2 is 2.25 bits per heavy atom. The van der Waals surface area contributed by atoms with Gasteiger partial charge in [-0.05, 0) is 29.7 Å². The molecule has 0 saturated carbocycles. The highest BCUT2D eigenvalue weighted by Gasteiger charge is 2.22. The highest BCUT2D eigenvalue weighted by atomic mass is 35.5. The van der Waals surface area contributed by atoms with Gasteiger partial charge in [-0.3, -0.25) is 10.1 Å². The number of ether oxygens (including phenoxy) is 1. The van der Waals surface area contributed by atoms with Crippen molar-refractivity contribution in [3.63, 3.8) is 0 Å². The largest absolute Gasteiger partial charge is 0.468 e. The first-order valence-corrected chi connectivity index (χ1v) is 5.47. The predicted molar refractivity (Wildman–Crippen MR) is 61.2 cm³/mol. The Hall–Kier alpha value is -1.00. The SMILES string of the molecule is COC(=O)[C@@H](NCc1ccc(Cl)o1)C(C)C. The molecule has 0 spiro atoms. The van der Waals surface area contributed by atoms with Crippen LogP contribution in [0.1, 0.15) is 19.6 Å². The molecule has 5 heteroatoms. The molecule has 1 atom stereocenters. The van der Waals surface area contributed by atoms with Crippen LogP contribution in [-0.2, 0) is 16.1 Å². The molecule has 1 heterocycles.